The van der Waals surface area contributed by atoms with Crippen molar-refractivity contribution in [3.63, 3.8) is 0 Å². The van der Waals surface area contributed by atoms with E-state index in [1.807, 2.05) is 0 Å². The second kappa shape index (κ2) is 4.54. The minimum Gasteiger partial charge on any atom is -0.347 e. The summed E-state index contributed by atoms with van der Waals surface area (Å²) in [5.74, 6) is 0. The normalized spacial score (nSPS) is 10.6. The molecule has 0 saturated heterocycles. The lowest BCUT2D eigenvalue weighted by Crippen LogP contribution is -2.12. The maximum atomic E-state index is 5.75. The molecule has 0 fully saturated rings. The summed E-state index contributed by atoms with van der Waals surface area (Å²) < 4.78 is 0.725. The first kappa shape index (κ1) is 9.64. The monoisotopic (exact) mass is 228 g/mol. The summed E-state index contributed by atoms with van der Waals surface area (Å²) in [6.45, 7) is 1.49. The highest BCUT2D eigenvalue weighted by atomic mass is 35.5. The van der Waals surface area contributed by atoms with Gasteiger partial charge in [-0.05, 0) is 0 Å². The van der Waals surface area contributed by atoms with Gasteiger partial charge in [-0.2, -0.15) is 0 Å². The molecule has 2 N–H and O–H groups in total. The van der Waals surface area contributed by atoms with Crippen LogP contribution in [0.1, 0.15) is 10.7 Å². The lowest BCUT2D eigenvalue weighted by atomic mass is 10.4. The number of aromatic amines is 1. The van der Waals surface area contributed by atoms with E-state index in [1.165, 1.54) is 11.3 Å². The van der Waals surface area contributed by atoms with E-state index >= 15 is 0 Å². The molecule has 0 atom stereocenters. The van der Waals surface area contributed by atoms with Crippen LogP contribution in [0.2, 0.25) is 4.34 Å². The van der Waals surface area contributed by atoms with Crippen LogP contribution in [-0.2, 0) is 13.1 Å². The minimum atomic E-state index is 0.725. The van der Waals surface area contributed by atoms with Gasteiger partial charge in [0.1, 0.15) is 9.34 Å². The van der Waals surface area contributed by atoms with Gasteiger partial charge in [-0.25, -0.2) is 9.97 Å². The fraction of sp³-hybridized carbons (Fsp3) is 0.250. The fourth-order valence-electron chi connectivity index (χ4n) is 1.06. The van der Waals surface area contributed by atoms with Crippen LogP contribution >= 0.6 is 22.9 Å². The molecular weight excluding hydrogens is 220 g/mol. The predicted molar refractivity (Wildman–Crippen MR) is 56.3 cm³/mol. The zero-order valence-electron chi connectivity index (χ0n) is 7.33. The number of aromatic nitrogens is 3. The first-order valence-corrected chi connectivity index (χ1v) is 5.32. The van der Waals surface area contributed by atoms with Crippen molar-refractivity contribution in [2.24, 2.45) is 0 Å². The van der Waals surface area contributed by atoms with E-state index < -0.39 is 0 Å². The standard InChI is InChI=1S/C8H9ClN4S/c9-7-3-12-8(14-7)4-10-1-6-2-11-5-13-6/h2-3,5,10H,1,4H2,(H,11,13). The van der Waals surface area contributed by atoms with Crippen LogP contribution in [0.4, 0.5) is 0 Å². The van der Waals surface area contributed by atoms with E-state index in [4.69, 9.17) is 11.6 Å². The third-order valence-corrected chi connectivity index (χ3v) is 2.79. The van der Waals surface area contributed by atoms with Crippen molar-refractivity contribution in [3.05, 3.63) is 33.8 Å². The molecule has 0 amide bonds. The van der Waals surface area contributed by atoms with Gasteiger partial charge in [-0.1, -0.05) is 11.6 Å². The molecule has 6 heteroatoms. The largest absolute Gasteiger partial charge is 0.347 e. The smallest absolute Gasteiger partial charge is 0.113 e. The molecule has 0 saturated carbocycles. The van der Waals surface area contributed by atoms with Gasteiger partial charge >= 0.3 is 0 Å². The van der Waals surface area contributed by atoms with Crippen molar-refractivity contribution in [1.82, 2.24) is 20.3 Å². The van der Waals surface area contributed by atoms with E-state index in [0.29, 0.717) is 0 Å². The third kappa shape index (κ3) is 2.54. The highest BCUT2D eigenvalue weighted by molar-refractivity contribution is 7.15. The Balaban J connectivity index is 1.78. The lowest BCUT2D eigenvalue weighted by molar-refractivity contribution is 0.679. The Kier molecular flexibility index (Phi) is 3.13. The predicted octanol–water partition coefficient (Wildman–Crippen LogP) is 1.81. The summed E-state index contributed by atoms with van der Waals surface area (Å²) in [7, 11) is 0. The Morgan fingerprint density at radius 1 is 1.43 bits per heavy atom. The van der Waals surface area contributed by atoms with E-state index in [0.717, 1.165) is 28.1 Å². The van der Waals surface area contributed by atoms with Crippen LogP contribution in [-0.4, -0.2) is 15.0 Å². The van der Waals surface area contributed by atoms with Crippen molar-refractivity contribution >= 4 is 22.9 Å². The van der Waals surface area contributed by atoms with Gasteiger partial charge in [0, 0.05) is 25.0 Å². The average molecular weight is 229 g/mol. The number of halogens is 1. The average Bonchev–Trinajstić information content (AvgIpc) is 2.77. The minimum absolute atomic E-state index is 0.725. The molecule has 0 bridgehead atoms. The van der Waals surface area contributed by atoms with Gasteiger partial charge in [0.05, 0.1) is 12.5 Å². The van der Waals surface area contributed by atoms with E-state index in [-0.39, 0.29) is 0 Å². The molecule has 0 aliphatic rings. The Labute approximate surface area is 90.4 Å². The molecule has 2 rings (SSSR count). The van der Waals surface area contributed by atoms with E-state index in [9.17, 15) is 0 Å². The Morgan fingerprint density at radius 3 is 3.00 bits per heavy atom. The van der Waals surface area contributed by atoms with Crippen LogP contribution in [0.15, 0.2) is 18.7 Å². The second-order valence-electron chi connectivity index (χ2n) is 2.74. The molecule has 2 aromatic rings. The lowest BCUT2D eigenvalue weighted by Gasteiger charge is -1.98. The maximum absolute atomic E-state index is 5.75. The number of nitrogens with one attached hydrogen (secondary N) is 2. The van der Waals surface area contributed by atoms with Crippen molar-refractivity contribution in [1.29, 1.82) is 0 Å². The number of rotatable bonds is 4. The van der Waals surface area contributed by atoms with Crippen LogP contribution in [0.25, 0.3) is 0 Å². The van der Waals surface area contributed by atoms with Gasteiger partial charge < -0.3 is 10.3 Å². The summed E-state index contributed by atoms with van der Waals surface area (Å²) in [5, 5.41) is 4.23. The topological polar surface area (TPSA) is 53.6 Å². The first-order chi connectivity index (χ1) is 6.84. The van der Waals surface area contributed by atoms with Gasteiger partial charge in [0.2, 0.25) is 0 Å². The molecule has 0 aliphatic heterocycles. The molecule has 14 heavy (non-hydrogen) atoms. The highest BCUT2D eigenvalue weighted by Crippen LogP contribution is 2.17. The zero-order valence-corrected chi connectivity index (χ0v) is 8.90. The molecule has 0 radical (unpaired) electrons. The Bertz CT molecular complexity index is 384. The summed E-state index contributed by atoms with van der Waals surface area (Å²) in [6, 6.07) is 0. The van der Waals surface area contributed by atoms with Gasteiger partial charge in [-0.3, -0.25) is 0 Å². The van der Waals surface area contributed by atoms with Crippen LogP contribution in [0.3, 0.4) is 0 Å². The second-order valence-corrected chi connectivity index (χ2v) is 4.49. The van der Waals surface area contributed by atoms with Gasteiger partial charge in [0.25, 0.3) is 0 Å². The molecule has 2 heterocycles. The number of imidazole rings is 1. The SMILES string of the molecule is Clc1cnc(CNCc2cnc[nH]2)s1. The molecule has 2 aromatic heterocycles. The van der Waals surface area contributed by atoms with Crippen LogP contribution in [0, 0.1) is 0 Å². The fourth-order valence-corrected chi connectivity index (χ4v) is 1.98. The molecule has 0 aromatic carbocycles. The van der Waals surface area contributed by atoms with Crippen molar-refractivity contribution in [2.45, 2.75) is 13.1 Å². The number of hydrogen-bond acceptors (Lipinski definition) is 4. The summed E-state index contributed by atoms with van der Waals surface area (Å²) in [4.78, 5) is 11.1. The third-order valence-electron chi connectivity index (χ3n) is 1.67. The van der Waals surface area contributed by atoms with Crippen molar-refractivity contribution < 1.29 is 0 Å². The van der Waals surface area contributed by atoms with Crippen LogP contribution in [0.5, 0.6) is 0 Å². The quantitative estimate of drug-likeness (QED) is 0.839. The molecule has 0 spiro atoms. The Morgan fingerprint density at radius 2 is 2.36 bits per heavy atom. The van der Waals surface area contributed by atoms with Crippen LogP contribution < -0.4 is 5.32 Å². The molecule has 74 valence electrons. The molecule has 4 nitrogen and oxygen atoms in total. The number of nitrogens with zero attached hydrogens (tertiary/aromatic N) is 2. The number of hydrogen-bond donors (Lipinski definition) is 2. The van der Waals surface area contributed by atoms with E-state index in [2.05, 4.69) is 20.3 Å². The summed E-state index contributed by atoms with van der Waals surface area (Å²) in [5.41, 5.74) is 1.06. The summed E-state index contributed by atoms with van der Waals surface area (Å²) >= 11 is 7.24. The number of thiazole rings is 1. The summed E-state index contributed by atoms with van der Waals surface area (Å²) in [6.07, 6.45) is 5.12. The molecular formula is C8H9ClN4S. The maximum Gasteiger partial charge on any atom is 0.113 e. The number of H-pyrrole nitrogens is 1. The Hall–Kier alpha value is -0.910. The highest BCUT2D eigenvalue weighted by Gasteiger charge is 1.99. The van der Waals surface area contributed by atoms with Gasteiger partial charge in [-0.15, -0.1) is 11.3 Å². The first-order valence-electron chi connectivity index (χ1n) is 4.13. The van der Waals surface area contributed by atoms with Gasteiger partial charge in [0.15, 0.2) is 0 Å². The van der Waals surface area contributed by atoms with E-state index in [1.54, 1.807) is 18.7 Å². The molecule has 0 unspecified atom stereocenters. The zero-order chi connectivity index (χ0) is 9.80. The molecule has 0 aliphatic carbocycles. The van der Waals surface area contributed by atoms with Crippen molar-refractivity contribution in [2.75, 3.05) is 0 Å². The van der Waals surface area contributed by atoms with Crippen molar-refractivity contribution in [3.8, 4) is 0 Å².